The highest BCUT2D eigenvalue weighted by molar-refractivity contribution is 5.66. The topological polar surface area (TPSA) is 46.5 Å². The second-order valence-corrected chi connectivity index (χ2v) is 13.3. The second kappa shape index (κ2) is 9.23. The maximum absolute atomic E-state index is 11.5. The van der Waals surface area contributed by atoms with Crippen LogP contribution in [-0.4, -0.2) is 23.3 Å². The molecule has 4 fully saturated rings. The highest BCUT2D eigenvalue weighted by atomic mass is 16.5. The summed E-state index contributed by atoms with van der Waals surface area (Å²) < 4.78 is 5.61. The molecule has 0 aliphatic heterocycles. The SMILES string of the molecule is CC(=O)O[C@@H]1CC[C@@]2(C)[C@H](C1)C[C@@H](O)[C@@H]1[C@H]2CC[C@]2(C)[C@@H]1CC[C@H]2[C@H](C)CCCC(C)C. The van der Waals surface area contributed by atoms with E-state index >= 15 is 0 Å². The fourth-order valence-electron chi connectivity index (χ4n) is 9.55. The number of carbonyl (C=O) groups is 1. The normalized spacial score (nSPS) is 46.8. The minimum Gasteiger partial charge on any atom is -0.463 e. The zero-order valence-electron chi connectivity index (χ0n) is 21.7. The van der Waals surface area contributed by atoms with Gasteiger partial charge in [0, 0.05) is 6.92 Å². The molecule has 0 saturated heterocycles. The summed E-state index contributed by atoms with van der Waals surface area (Å²) in [7, 11) is 0. The molecular weight excluding hydrogens is 396 g/mol. The van der Waals surface area contributed by atoms with Gasteiger partial charge in [-0.2, -0.15) is 0 Å². The van der Waals surface area contributed by atoms with Crippen molar-refractivity contribution in [3.8, 4) is 0 Å². The molecule has 0 unspecified atom stereocenters. The lowest BCUT2D eigenvalue weighted by molar-refractivity contribution is -0.182. The zero-order chi connectivity index (χ0) is 23.3. The van der Waals surface area contributed by atoms with Gasteiger partial charge >= 0.3 is 5.97 Å². The van der Waals surface area contributed by atoms with Gasteiger partial charge in [0.05, 0.1) is 6.10 Å². The van der Waals surface area contributed by atoms with Crippen molar-refractivity contribution >= 4 is 5.97 Å². The Bertz CT molecular complexity index is 673. The first-order valence-electron chi connectivity index (χ1n) is 13.9. The van der Waals surface area contributed by atoms with Crippen LogP contribution in [0.4, 0.5) is 0 Å². The van der Waals surface area contributed by atoms with E-state index in [9.17, 15) is 9.90 Å². The summed E-state index contributed by atoms with van der Waals surface area (Å²) in [5, 5.41) is 11.5. The third-order valence-electron chi connectivity index (χ3n) is 11.2. The van der Waals surface area contributed by atoms with Crippen molar-refractivity contribution in [1.82, 2.24) is 0 Å². The number of ether oxygens (including phenoxy) is 1. The Morgan fingerprint density at radius 2 is 1.66 bits per heavy atom. The molecule has 0 amide bonds. The van der Waals surface area contributed by atoms with Crippen LogP contribution in [0.5, 0.6) is 0 Å². The van der Waals surface area contributed by atoms with E-state index in [1.54, 1.807) is 0 Å². The minimum absolute atomic E-state index is 0.0609. The number of aliphatic hydroxyl groups excluding tert-OH is 1. The van der Waals surface area contributed by atoms with Crippen LogP contribution < -0.4 is 0 Å². The Labute approximate surface area is 197 Å². The summed E-state index contributed by atoms with van der Waals surface area (Å²) in [5.41, 5.74) is 0.723. The van der Waals surface area contributed by atoms with Crippen LogP contribution in [0.3, 0.4) is 0 Å². The standard InChI is InChI=1S/C29H50O3/c1-18(2)8-7-9-19(3)23-10-11-24-27-25(13-15-29(23,24)6)28(5)14-12-22(32-20(4)30)16-21(28)17-26(27)31/h18-19,21-27,31H,7-17H2,1-6H3/t19-,21-,22-,23+,24-,25-,26-,27+,28+,29+/m1/s1. The van der Waals surface area contributed by atoms with Crippen molar-refractivity contribution in [3.05, 3.63) is 0 Å². The third-order valence-corrected chi connectivity index (χ3v) is 11.2. The fraction of sp³-hybridized carbons (Fsp3) is 0.966. The van der Waals surface area contributed by atoms with Gasteiger partial charge in [0.15, 0.2) is 0 Å². The molecule has 0 aromatic heterocycles. The molecule has 4 aliphatic carbocycles. The summed E-state index contributed by atoms with van der Waals surface area (Å²) in [5.74, 6) is 4.61. The Balaban J connectivity index is 1.48. The highest BCUT2D eigenvalue weighted by Gasteiger charge is 2.63. The van der Waals surface area contributed by atoms with Gasteiger partial charge in [0.2, 0.25) is 0 Å². The lowest BCUT2D eigenvalue weighted by Gasteiger charge is -2.62. The minimum atomic E-state index is -0.172. The summed E-state index contributed by atoms with van der Waals surface area (Å²) in [6.45, 7) is 13.9. The van der Waals surface area contributed by atoms with E-state index < -0.39 is 0 Å². The van der Waals surface area contributed by atoms with Crippen molar-refractivity contribution in [2.75, 3.05) is 0 Å². The molecule has 0 bridgehead atoms. The Morgan fingerprint density at radius 1 is 0.969 bits per heavy atom. The molecule has 3 nitrogen and oxygen atoms in total. The molecule has 184 valence electrons. The molecule has 0 aromatic rings. The average Bonchev–Trinajstić information content (AvgIpc) is 3.05. The number of carbonyl (C=O) groups excluding carboxylic acids is 1. The molecule has 1 N–H and O–H groups in total. The van der Waals surface area contributed by atoms with Crippen LogP contribution in [0.15, 0.2) is 0 Å². The molecule has 32 heavy (non-hydrogen) atoms. The first kappa shape index (κ1) is 24.6. The molecule has 0 aromatic carbocycles. The second-order valence-electron chi connectivity index (χ2n) is 13.3. The van der Waals surface area contributed by atoms with Crippen LogP contribution in [0.1, 0.15) is 112 Å². The van der Waals surface area contributed by atoms with Crippen molar-refractivity contribution in [2.24, 2.45) is 52.3 Å². The molecule has 10 atom stereocenters. The molecule has 0 heterocycles. The molecule has 4 aliphatic rings. The number of rotatable bonds is 6. The number of hydrogen-bond acceptors (Lipinski definition) is 3. The van der Waals surface area contributed by atoms with Crippen LogP contribution in [-0.2, 0) is 9.53 Å². The Kier molecular flexibility index (Phi) is 7.08. The van der Waals surface area contributed by atoms with Gasteiger partial charge in [-0.25, -0.2) is 0 Å². The van der Waals surface area contributed by atoms with E-state index in [0.29, 0.717) is 34.5 Å². The molecule has 4 saturated carbocycles. The van der Waals surface area contributed by atoms with E-state index in [1.165, 1.54) is 51.9 Å². The first-order valence-corrected chi connectivity index (χ1v) is 13.9. The smallest absolute Gasteiger partial charge is 0.302 e. The molecule has 0 radical (unpaired) electrons. The lowest BCUT2D eigenvalue weighted by Crippen LogP contribution is -2.58. The zero-order valence-corrected chi connectivity index (χ0v) is 21.7. The van der Waals surface area contributed by atoms with E-state index in [-0.39, 0.29) is 18.2 Å². The van der Waals surface area contributed by atoms with Crippen molar-refractivity contribution in [2.45, 2.75) is 124 Å². The van der Waals surface area contributed by atoms with Crippen molar-refractivity contribution in [1.29, 1.82) is 0 Å². The quantitative estimate of drug-likeness (QED) is 0.446. The lowest BCUT2D eigenvalue weighted by atomic mass is 9.43. The molecule has 3 heteroatoms. The van der Waals surface area contributed by atoms with E-state index in [2.05, 4.69) is 34.6 Å². The van der Waals surface area contributed by atoms with Gasteiger partial charge in [-0.3, -0.25) is 4.79 Å². The van der Waals surface area contributed by atoms with Gasteiger partial charge in [-0.1, -0.05) is 53.9 Å². The van der Waals surface area contributed by atoms with Crippen LogP contribution in [0.2, 0.25) is 0 Å². The number of esters is 1. The van der Waals surface area contributed by atoms with E-state index in [1.807, 2.05) is 0 Å². The van der Waals surface area contributed by atoms with Crippen LogP contribution in [0.25, 0.3) is 0 Å². The number of aliphatic hydroxyl groups is 1. The van der Waals surface area contributed by atoms with E-state index in [4.69, 9.17) is 4.74 Å². The van der Waals surface area contributed by atoms with Crippen LogP contribution in [0, 0.1) is 52.3 Å². The predicted octanol–water partition coefficient (Wildman–Crippen LogP) is 7.01. The molecule has 0 spiro atoms. The number of fused-ring (bicyclic) bond motifs is 5. The number of hydrogen-bond donors (Lipinski definition) is 1. The largest absolute Gasteiger partial charge is 0.463 e. The summed E-state index contributed by atoms with van der Waals surface area (Å²) in [4.78, 5) is 11.5. The van der Waals surface area contributed by atoms with Gasteiger partial charge in [-0.05, 0) is 104 Å². The van der Waals surface area contributed by atoms with Gasteiger partial charge in [-0.15, -0.1) is 0 Å². The first-order chi connectivity index (χ1) is 15.1. The maximum Gasteiger partial charge on any atom is 0.302 e. The van der Waals surface area contributed by atoms with Gasteiger partial charge < -0.3 is 9.84 Å². The van der Waals surface area contributed by atoms with Crippen molar-refractivity contribution < 1.29 is 14.6 Å². The summed E-state index contributed by atoms with van der Waals surface area (Å²) in [6, 6.07) is 0. The Morgan fingerprint density at radius 3 is 2.34 bits per heavy atom. The molecular formula is C29H50O3. The van der Waals surface area contributed by atoms with Crippen LogP contribution >= 0.6 is 0 Å². The summed E-state index contributed by atoms with van der Waals surface area (Å²) in [6.07, 6.45) is 13.3. The average molecular weight is 447 g/mol. The predicted molar refractivity (Wildman–Crippen MR) is 130 cm³/mol. The molecule has 4 rings (SSSR count). The Hall–Kier alpha value is -0.570. The van der Waals surface area contributed by atoms with Crippen molar-refractivity contribution in [3.63, 3.8) is 0 Å². The highest BCUT2D eigenvalue weighted by Crippen LogP contribution is 2.68. The maximum atomic E-state index is 11.5. The monoisotopic (exact) mass is 446 g/mol. The summed E-state index contributed by atoms with van der Waals surface area (Å²) >= 11 is 0. The van der Waals surface area contributed by atoms with E-state index in [0.717, 1.165) is 43.4 Å². The third kappa shape index (κ3) is 4.29. The van der Waals surface area contributed by atoms with Gasteiger partial charge in [0.1, 0.15) is 6.10 Å². The fourth-order valence-corrected chi connectivity index (χ4v) is 9.55. The van der Waals surface area contributed by atoms with Gasteiger partial charge in [0.25, 0.3) is 0 Å².